The summed E-state index contributed by atoms with van der Waals surface area (Å²) in [5, 5.41) is 8.89. The lowest BCUT2D eigenvalue weighted by Gasteiger charge is -2.08. The zero-order valence-corrected chi connectivity index (χ0v) is 10.5. The number of aliphatic hydroxyl groups is 1. The number of aromatic nitrogens is 2. The molecule has 0 aliphatic carbocycles. The lowest BCUT2D eigenvalue weighted by atomic mass is 10.0. The van der Waals surface area contributed by atoms with Crippen molar-refractivity contribution in [2.24, 2.45) is 0 Å². The molecular formula is C14H16N2O2. The second-order valence-electron chi connectivity index (χ2n) is 4.36. The topological polar surface area (TPSA) is 55.2 Å². The Bertz CT molecular complexity index is 509. The maximum Gasteiger partial charge on any atom is 0.321 e. The summed E-state index contributed by atoms with van der Waals surface area (Å²) in [6.07, 6.45) is 3.10. The molecule has 4 nitrogen and oxygen atoms in total. The third-order valence-corrected chi connectivity index (χ3v) is 2.60. The molecule has 0 aliphatic heterocycles. The number of benzene rings is 1. The molecular weight excluding hydrogens is 228 g/mol. The highest BCUT2D eigenvalue weighted by atomic mass is 16.5. The van der Waals surface area contributed by atoms with E-state index in [1.807, 2.05) is 18.2 Å². The predicted octanol–water partition coefficient (Wildman–Crippen LogP) is 2.88. The van der Waals surface area contributed by atoms with Gasteiger partial charge in [-0.15, -0.1) is 0 Å². The molecule has 18 heavy (non-hydrogen) atoms. The molecule has 1 aromatic carbocycles. The maximum atomic E-state index is 8.89. The molecule has 0 saturated carbocycles. The van der Waals surface area contributed by atoms with E-state index in [1.54, 1.807) is 12.4 Å². The van der Waals surface area contributed by atoms with Gasteiger partial charge in [0.1, 0.15) is 5.75 Å². The fraction of sp³-hybridized carbons (Fsp3) is 0.286. The zero-order chi connectivity index (χ0) is 13.0. The highest BCUT2D eigenvalue weighted by Gasteiger charge is 2.04. The van der Waals surface area contributed by atoms with Crippen LogP contribution in [-0.4, -0.2) is 15.1 Å². The Kier molecular flexibility index (Phi) is 3.89. The Morgan fingerprint density at radius 2 is 1.94 bits per heavy atom. The van der Waals surface area contributed by atoms with Crippen molar-refractivity contribution in [3.05, 3.63) is 47.8 Å². The average Bonchev–Trinajstić information content (AvgIpc) is 2.40. The number of aliphatic hydroxyl groups excluding tert-OH is 1. The van der Waals surface area contributed by atoms with Crippen LogP contribution in [0.15, 0.2) is 36.7 Å². The van der Waals surface area contributed by atoms with Crippen LogP contribution >= 0.6 is 0 Å². The van der Waals surface area contributed by atoms with Gasteiger partial charge in [-0.25, -0.2) is 9.97 Å². The molecule has 1 heterocycles. The Hall–Kier alpha value is -1.94. The van der Waals surface area contributed by atoms with Gasteiger partial charge in [0.05, 0.1) is 6.61 Å². The lowest BCUT2D eigenvalue weighted by Crippen LogP contribution is -1.95. The van der Waals surface area contributed by atoms with Crippen LogP contribution in [-0.2, 0) is 6.61 Å². The first kappa shape index (κ1) is 12.5. The van der Waals surface area contributed by atoms with E-state index in [1.165, 1.54) is 5.56 Å². The van der Waals surface area contributed by atoms with E-state index in [9.17, 15) is 0 Å². The van der Waals surface area contributed by atoms with E-state index < -0.39 is 0 Å². The Morgan fingerprint density at radius 1 is 1.22 bits per heavy atom. The molecule has 0 aliphatic rings. The van der Waals surface area contributed by atoms with Crippen molar-refractivity contribution in [2.45, 2.75) is 26.4 Å². The van der Waals surface area contributed by atoms with Gasteiger partial charge in [-0.05, 0) is 23.6 Å². The van der Waals surface area contributed by atoms with Crippen LogP contribution in [0, 0.1) is 0 Å². The zero-order valence-electron chi connectivity index (χ0n) is 10.5. The molecule has 1 N–H and O–H groups in total. The predicted molar refractivity (Wildman–Crippen MR) is 68.6 cm³/mol. The Balaban J connectivity index is 2.15. The summed E-state index contributed by atoms with van der Waals surface area (Å²) in [4.78, 5) is 8.05. The van der Waals surface area contributed by atoms with Crippen molar-refractivity contribution in [1.82, 2.24) is 9.97 Å². The second kappa shape index (κ2) is 5.60. The van der Waals surface area contributed by atoms with Crippen LogP contribution < -0.4 is 4.74 Å². The van der Waals surface area contributed by atoms with Crippen LogP contribution in [0.3, 0.4) is 0 Å². The minimum absolute atomic E-state index is 0.0664. The number of hydrogen-bond acceptors (Lipinski definition) is 4. The Labute approximate surface area is 106 Å². The lowest BCUT2D eigenvalue weighted by molar-refractivity contribution is 0.280. The van der Waals surface area contributed by atoms with Crippen LogP contribution in [0.1, 0.15) is 30.9 Å². The quantitative estimate of drug-likeness (QED) is 0.898. The number of nitrogens with zero attached hydrogens (tertiary/aromatic N) is 2. The van der Waals surface area contributed by atoms with Crippen molar-refractivity contribution < 1.29 is 9.84 Å². The van der Waals surface area contributed by atoms with Crippen LogP contribution in [0.25, 0.3) is 0 Å². The SMILES string of the molecule is CC(C)c1cccc(Oc2ncc(CO)cn2)c1. The van der Waals surface area contributed by atoms with Crippen LogP contribution in [0.5, 0.6) is 11.8 Å². The molecule has 0 bridgehead atoms. The summed E-state index contributed by atoms with van der Waals surface area (Å²) in [6.45, 7) is 4.19. The van der Waals surface area contributed by atoms with Gasteiger partial charge in [-0.3, -0.25) is 0 Å². The molecule has 0 atom stereocenters. The second-order valence-corrected chi connectivity index (χ2v) is 4.36. The molecule has 4 heteroatoms. The molecule has 0 radical (unpaired) electrons. The van der Waals surface area contributed by atoms with Gasteiger partial charge in [0.15, 0.2) is 0 Å². The van der Waals surface area contributed by atoms with E-state index in [-0.39, 0.29) is 12.6 Å². The van der Waals surface area contributed by atoms with Gasteiger partial charge in [0, 0.05) is 18.0 Å². The third kappa shape index (κ3) is 3.05. The molecule has 0 amide bonds. The van der Waals surface area contributed by atoms with Crippen molar-refractivity contribution in [3.63, 3.8) is 0 Å². The van der Waals surface area contributed by atoms with Crippen molar-refractivity contribution in [3.8, 4) is 11.8 Å². The average molecular weight is 244 g/mol. The fourth-order valence-electron chi connectivity index (χ4n) is 1.52. The minimum atomic E-state index is -0.0664. The highest BCUT2D eigenvalue weighted by Crippen LogP contribution is 2.23. The Morgan fingerprint density at radius 3 is 2.56 bits per heavy atom. The molecule has 0 spiro atoms. The third-order valence-electron chi connectivity index (χ3n) is 2.60. The van der Waals surface area contributed by atoms with Gasteiger partial charge >= 0.3 is 6.01 Å². The van der Waals surface area contributed by atoms with Crippen LogP contribution in [0.4, 0.5) is 0 Å². The van der Waals surface area contributed by atoms with E-state index >= 15 is 0 Å². The molecule has 0 saturated heterocycles. The number of hydrogen-bond donors (Lipinski definition) is 1. The van der Waals surface area contributed by atoms with Crippen LogP contribution in [0.2, 0.25) is 0 Å². The number of ether oxygens (including phenoxy) is 1. The smallest absolute Gasteiger partial charge is 0.321 e. The van der Waals surface area contributed by atoms with Gasteiger partial charge in [-0.1, -0.05) is 26.0 Å². The summed E-state index contributed by atoms with van der Waals surface area (Å²) in [5.41, 5.74) is 1.87. The molecule has 0 unspecified atom stereocenters. The van der Waals surface area contributed by atoms with Gasteiger partial charge in [0.2, 0.25) is 0 Å². The summed E-state index contributed by atoms with van der Waals surface area (Å²) in [6, 6.07) is 8.15. The van der Waals surface area contributed by atoms with Crippen molar-refractivity contribution in [2.75, 3.05) is 0 Å². The first-order valence-electron chi connectivity index (χ1n) is 5.88. The van der Waals surface area contributed by atoms with E-state index in [2.05, 4.69) is 29.9 Å². The standard InChI is InChI=1S/C14H16N2O2/c1-10(2)12-4-3-5-13(6-12)18-14-15-7-11(9-17)8-16-14/h3-8,10,17H,9H2,1-2H3. The normalized spacial score (nSPS) is 10.7. The van der Waals surface area contributed by atoms with Gasteiger partial charge in [0.25, 0.3) is 0 Å². The van der Waals surface area contributed by atoms with E-state index in [4.69, 9.17) is 9.84 Å². The maximum absolute atomic E-state index is 8.89. The van der Waals surface area contributed by atoms with Crippen molar-refractivity contribution >= 4 is 0 Å². The molecule has 94 valence electrons. The summed E-state index contributed by atoms with van der Waals surface area (Å²) < 4.78 is 5.56. The number of rotatable bonds is 4. The van der Waals surface area contributed by atoms with Crippen molar-refractivity contribution in [1.29, 1.82) is 0 Å². The molecule has 2 rings (SSSR count). The van der Waals surface area contributed by atoms with Gasteiger partial charge in [-0.2, -0.15) is 0 Å². The van der Waals surface area contributed by atoms with E-state index in [0.717, 1.165) is 5.75 Å². The highest BCUT2D eigenvalue weighted by molar-refractivity contribution is 5.31. The fourth-order valence-corrected chi connectivity index (χ4v) is 1.52. The molecule has 2 aromatic rings. The molecule has 0 fully saturated rings. The van der Waals surface area contributed by atoms with E-state index in [0.29, 0.717) is 11.5 Å². The minimum Gasteiger partial charge on any atom is -0.424 e. The first-order valence-corrected chi connectivity index (χ1v) is 5.88. The summed E-state index contributed by atoms with van der Waals surface area (Å²) >= 11 is 0. The largest absolute Gasteiger partial charge is 0.424 e. The summed E-state index contributed by atoms with van der Waals surface area (Å²) in [7, 11) is 0. The van der Waals surface area contributed by atoms with Gasteiger partial charge < -0.3 is 9.84 Å². The molecule has 1 aromatic heterocycles. The summed E-state index contributed by atoms with van der Waals surface area (Å²) in [5.74, 6) is 1.17. The first-order chi connectivity index (χ1) is 8.69. The monoisotopic (exact) mass is 244 g/mol.